The molecule has 0 aliphatic heterocycles. The Labute approximate surface area is 140 Å². The molecule has 3 unspecified atom stereocenters. The summed E-state index contributed by atoms with van der Waals surface area (Å²) in [6.07, 6.45) is 2.00. The van der Waals surface area contributed by atoms with E-state index in [1.54, 1.807) is 12.1 Å². The van der Waals surface area contributed by atoms with Gasteiger partial charge in [0.1, 0.15) is 18.0 Å². The summed E-state index contributed by atoms with van der Waals surface area (Å²) in [4.78, 5) is 0. The zero-order valence-electron chi connectivity index (χ0n) is 12.2. The predicted octanol–water partition coefficient (Wildman–Crippen LogP) is 4.57. The first-order chi connectivity index (χ1) is 10.1. The van der Waals surface area contributed by atoms with Gasteiger partial charge < -0.3 is 14.8 Å². The smallest absolute Gasteiger partial charge is 0.140 e. The molecule has 1 aromatic carbocycles. The molecule has 0 amide bonds. The van der Waals surface area contributed by atoms with Crippen LogP contribution in [0, 0.1) is 0 Å². The molecule has 1 aromatic rings. The van der Waals surface area contributed by atoms with Crippen molar-refractivity contribution in [3.8, 4) is 5.75 Å². The molecule has 1 aliphatic rings. The van der Waals surface area contributed by atoms with Crippen LogP contribution in [0.25, 0.3) is 0 Å². The quantitative estimate of drug-likeness (QED) is 0.729. The van der Waals surface area contributed by atoms with Crippen LogP contribution in [0.15, 0.2) is 12.1 Å². The van der Waals surface area contributed by atoms with Gasteiger partial charge in [0.2, 0.25) is 0 Å². The fraction of sp³-hybridized carbons (Fsp3) is 0.600. The Morgan fingerprint density at radius 1 is 1.14 bits per heavy atom. The molecule has 6 heteroatoms. The molecule has 0 heterocycles. The standard InChI is InChI=1S/C15H20Cl3NO2/c1-3-5-19-12-8-14(15(12)20-4-2)21-13-7-10(17)9(16)6-11(13)18/h6-7,12,14-15,19H,3-5,8H2,1-2H3. The Morgan fingerprint density at radius 2 is 1.86 bits per heavy atom. The first-order valence-corrected chi connectivity index (χ1v) is 8.36. The van der Waals surface area contributed by atoms with E-state index in [1.165, 1.54) is 0 Å². The van der Waals surface area contributed by atoms with Crippen molar-refractivity contribution in [1.29, 1.82) is 0 Å². The van der Waals surface area contributed by atoms with Crippen molar-refractivity contribution in [3.05, 3.63) is 27.2 Å². The summed E-state index contributed by atoms with van der Waals surface area (Å²) < 4.78 is 11.7. The summed E-state index contributed by atoms with van der Waals surface area (Å²) in [5.41, 5.74) is 0. The molecule has 0 spiro atoms. The first kappa shape index (κ1) is 17.2. The molecular weight excluding hydrogens is 333 g/mol. The zero-order valence-corrected chi connectivity index (χ0v) is 14.4. The molecule has 1 aliphatic carbocycles. The van der Waals surface area contributed by atoms with Crippen LogP contribution in [-0.4, -0.2) is 31.4 Å². The van der Waals surface area contributed by atoms with Gasteiger partial charge in [-0.15, -0.1) is 0 Å². The molecule has 118 valence electrons. The second-order valence-electron chi connectivity index (χ2n) is 5.07. The van der Waals surface area contributed by atoms with E-state index < -0.39 is 0 Å². The Hall–Kier alpha value is -0.190. The topological polar surface area (TPSA) is 30.5 Å². The van der Waals surface area contributed by atoms with E-state index in [-0.39, 0.29) is 12.2 Å². The third-order valence-electron chi connectivity index (χ3n) is 3.52. The molecule has 21 heavy (non-hydrogen) atoms. The maximum Gasteiger partial charge on any atom is 0.140 e. The van der Waals surface area contributed by atoms with Crippen molar-refractivity contribution in [2.45, 2.75) is 44.9 Å². The Morgan fingerprint density at radius 3 is 2.52 bits per heavy atom. The van der Waals surface area contributed by atoms with Gasteiger partial charge in [0.05, 0.1) is 15.1 Å². The normalized spacial score (nSPS) is 24.7. The monoisotopic (exact) mass is 351 g/mol. The Bertz CT molecular complexity index is 484. The highest BCUT2D eigenvalue weighted by atomic mass is 35.5. The van der Waals surface area contributed by atoms with E-state index in [0.29, 0.717) is 33.5 Å². The Balaban J connectivity index is 2.01. The molecule has 0 radical (unpaired) electrons. The molecule has 0 aromatic heterocycles. The number of ether oxygens (including phenoxy) is 2. The highest BCUT2D eigenvalue weighted by Crippen LogP contribution is 2.37. The van der Waals surface area contributed by atoms with Gasteiger partial charge in [0.15, 0.2) is 0 Å². The lowest BCUT2D eigenvalue weighted by molar-refractivity contribution is -0.104. The zero-order chi connectivity index (χ0) is 15.4. The summed E-state index contributed by atoms with van der Waals surface area (Å²) in [5.74, 6) is 0.551. The molecule has 1 saturated carbocycles. The first-order valence-electron chi connectivity index (χ1n) is 7.23. The average molecular weight is 353 g/mol. The number of hydrogen-bond donors (Lipinski definition) is 1. The van der Waals surface area contributed by atoms with Crippen molar-refractivity contribution >= 4 is 34.8 Å². The summed E-state index contributed by atoms with van der Waals surface area (Å²) in [7, 11) is 0. The van der Waals surface area contributed by atoms with E-state index >= 15 is 0 Å². The van der Waals surface area contributed by atoms with Crippen LogP contribution in [0.1, 0.15) is 26.7 Å². The molecule has 0 bridgehead atoms. The van der Waals surface area contributed by atoms with Gasteiger partial charge in [0.25, 0.3) is 0 Å². The largest absolute Gasteiger partial charge is 0.486 e. The van der Waals surface area contributed by atoms with Gasteiger partial charge in [-0.05, 0) is 26.0 Å². The minimum Gasteiger partial charge on any atom is -0.486 e. The van der Waals surface area contributed by atoms with E-state index in [9.17, 15) is 0 Å². The number of halogens is 3. The van der Waals surface area contributed by atoms with E-state index in [0.717, 1.165) is 19.4 Å². The van der Waals surface area contributed by atoms with Crippen LogP contribution in [0.3, 0.4) is 0 Å². The summed E-state index contributed by atoms with van der Waals surface area (Å²) in [5, 5.41) is 4.79. The maximum atomic E-state index is 6.15. The minimum atomic E-state index is -0.0194. The fourth-order valence-corrected chi connectivity index (χ4v) is 2.98. The summed E-state index contributed by atoms with van der Waals surface area (Å²) >= 11 is 18.1. The van der Waals surface area contributed by atoms with Crippen molar-refractivity contribution in [2.24, 2.45) is 0 Å². The molecule has 1 N–H and O–H groups in total. The second kappa shape index (κ2) is 7.89. The summed E-state index contributed by atoms with van der Waals surface area (Å²) in [6, 6.07) is 3.58. The number of benzene rings is 1. The summed E-state index contributed by atoms with van der Waals surface area (Å²) in [6.45, 7) is 5.77. The number of rotatable bonds is 7. The number of nitrogens with one attached hydrogen (secondary N) is 1. The molecule has 3 nitrogen and oxygen atoms in total. The third-order valence-corrected chi connectivity index (χ3v) is 4.54. The van der Waals surface area contributed by atoms with Gasteiger partial charge >= 0.3 is 0 Å². The lowest BCUT2D eigenvalue weighted by Crippen LogP contribution is -2.61. The predicted molar refractivity (Wildman–Crippen MR) is 88.0 cm³/mol. The SMILES string of the molecule is CCCNC1CC(Oc2cc(Cl)c(Cl)cc2Cl)C1OCC. The highest BCUT2D eigenvalue weighted by Gasteiger charge is 2.43. The van der Waals surface area contributed by atoms with Crippen LogP contribution in [0.4, 0.5) is 0 Å². The van der Waals surface area contributed by atoms with Crippen molar-refractivity contribution < 1.29 is 9.47 Å². The van der Waals surface area contributed by atoms with Crippen LogP contribution in [0.5, 0.6) is 5.75 Å². The van der Waals surface area contributed by atoms with Crippen LogP contribution < -0.4 is 10.1 Å². The van der Waals surface area contributed by atoms with Crippen molar-refractivity contribution in [1.82, 2.24) is 5.32 Å². The third kappa shape index (κ3) is 4.17. The minimum absolute atomic E-state index is 0.0194. The molecular formula is C15H20Cl3NO2. The second-order valence-corrected chi connectivity index (χ2v) is 6.29. The highest BCUT2D eigenvalue weighted by molar-refractivity contribution is 6.43. The van der Waals surface area contributed by atoms with E-state index in [4.69, 9.17) is 44.3 Å². The maximum absolute atomic E-state index is 6.15. The van der Waals surface area contributed by atoms with Crippen molar-refractivity contribution in [3.63, 3.8) is 0 Å². The van der Waals surface area contributed by atoms with Crippen LogP contribution in [-0.2, 0) is 4.74 Å². The van der Waals surface area contributed by atoms with E-state index in [2.05, 4.69) is 12.2 Å². The van der Waals surface area contributed by atoms with Gasteiger partial charge in [-0.3, -0.25) is 0 Å². The van der Waals surface area contributed by atoms with Gasteiger partial charge in [-0.1, -0.05) is 41.7 Å². The van der Waals surface area contributed by atoms with Gasteiger partial charge in [-0.2, -0.15) is 0 Å². The van der Waals surface area contributed by atoms with Crippen molar-refractivity contribution in [2.75, 3.05) is 13.2 Å². The van der Waals surface area contributed by atoms with Gasteiger partial charge in [0, 0.05) is 25.1 Å². The van der Waals surface area contributed by atoms with Gasteiger partial charge in [-0.25, -0.2) is 0 Å². The van der Waals surface area contributed by atoms with Crippen LogP contribution in [0.2, 0.25) is 15.1 Å². The molecule has 0 saturated heterocycles. The molecule has 2 rings (SSSR count). The lowest BCUT2D eigenvalue weighted by Gasteiger charge is -2.44. The molecule has 3 atom stereocenters. The van der Waals surface area contributed by atoms with E-state index in [1.807, 2.05) is 6.92 Å². The average Bonchev–Trinajstić information content (AvgIpc) is 2.44. The molecule has 1 fully saturated rings. The lowest BCUT2D eigenvalue weighted by atomic mass is 9.85. The van der Waals surface area contributed by atoms with Crippen LogP contribution >= 0.6 is 34.8 Å². The fourth-order valence-electron chi connectivity index (χ4n) is 2.40. The Kier molecular flexibility index (Phi) is 6.45. The number of hydrogen-bond acceptors (Lipinski definition) is 3.